The van der Waals surface area contributed by atoms with Gasteiger partial charge in [0.2, 0.25) is 0 Å². The van der Waals surface area contributed by atoms with Gasteiger partial charge in [-0.25, -0.2) is 0 Å². The minimum Gasteiger partial charge on any atom is -0.347 e. The largest absolute Gasteiger partial charge is 0.347 e. The lowest BCUT2D eigenvalue weighted by Crippen LogP contribution is -2.05. The highest BCUT2D eigenvalue weighted by molar-refractivity contribution is 6.01. The number of allylic oxidation sites excluding steroid dienone is 1. The van der Waals surface area contributed by atoms with Crippen molar-refractivity contribution in [1.29, 1.82) is 0 Å². The monoisotopic (exact) mass is 403 g/mol. The molecule has 0 N–H and O–H groups in total. The molecule has 0 amide bonds. The summed E-state index contributed by atoms with van der Waals surface area (Å²) in [4.78, 5) is 12.2. The van der Waals surface area contributed by atoms with Crippen LogP contribution in [0.25, 0.3) is 22.0 Å². The number of fused-ring (bicyclic) bond motifs is 1. The average Bonchev–Trinajstić information content (AvgIpc) is 3.58. The first-order valence-corrected chi connectivity index (χ1v) is 10.8. The summed E-state index contributed by atoms with van der Waals surface area (Å²) in [5.41, 5.74) is 11.1. The Labute approximate surface area is 183 Å². The van der Waals surface area contributed by atoms with Gasteiger partial charge < -0.3 is 9.36 Å². The number of carbonyl (C=O) groups is 1. The van der Waals surface area contributed by atoms with Crippen LogP contribution < -0.4 is 0 Å². The Morgan fingerprint density at radius 1 is 0.871 bits per heavy atom. The molecule has 1 fully saturated rings. The fraction of sp³-hybridized carbons (Fsp3) is 0.172. The summed E-state index contributed by atoms with van der Waals surface area (Å²) in [5, 5.41) is 1.21. The lowest BCUT2D eigenvalue weighted by molar-refractivity contribution is -0.110. The summed E-state index contributed by atoms with van der Waals surface area (Å²) in [6.45, 7) is 2.16. The summed E-state index contributed by atoms with van der Waals surface area (Å²) >= 11 is 0. The van der Waals surface area contributed by atoms with Gasteiger partial charge in [0.25, 0.3) is 0 Å². The number of nitrogens with zero attached hydrogens (tertiary/aromatic N) is 1. The third-order valence-corrected chi connectivity index (χ3v) is 6.54. The Hall–Kier alpha value is -3.61. The molecule has 0 aliphatic heterocycles. The van der Waals surface area contributed by atoms with Crippen LogP contribution in [-0.2, 0) is 11.8 Å². The Balaban J connectivity index is 1.92. The fourth-order valence-electron chi connectivity index (χ4n) is 4.50. The Morgan fingerprint density at radius 3 is 2.06 bits per heavy atom. The maximum Gasteiger partial charge on any atom is 0.131 e. The number of carbonyl (C=O) groups excluding carboxylic acids is 1. The van der Waals surface area contributed by atoms with E-state index in [2.05, 4.69) is 84.9 Å². The molecule has 1 aliphatic rings. The van der Waals surface area contributed by atoms with Crippen molar-refractivity contribution in [3.63, 3.8) is 0 Å². The van der Waals surface area contributed by atoms with Crippen molar-refractivity contribution in [2.75, 3.05) is 0 Å². The molecule has 3 aromatic carbocycles. The molecule has 1 aliphatic carbocycles. The predicted octanol–water partition coefficient (Wildman–Crippen LogP) is 6.58. The van der Waals surface area contributed by atoms with Crippen molar-refractivity contribution in [1.82, 2.24) is 4.57 Å². The number of benzene rings is 3. The molecule has 31 heavy (non-hydrogen) atoms. The van der Waals surface area contributed by atoms with Crippen LogP contribution in [0, 0.1) is 12.3 Å². The first kappa shape index (κ1) is 19.4. The topological polar surface area (TPSA) is 22.0 Å². The van der Waals surface area contributed by atoms with E-state index >= 15 is 0 Å². The molecule has 0 atom stereocenters. The van der Waals surface area contributed by atoms with Crippen LogP contribution in [0.2, 0.25) is 0 Å². The Morgan fingerprint density at radius 2 is 1.45 bits per heavy atom. The third-order valence-electron chi connectivity index (χ3n) is 6.54. The van der Waals surface area contributed by atoms with Gasteiger partial charge in [-0.3, -0.25) is 0 Å². The molecule has 1 aromatic heterocycles. The van der Waals surface area contributed by atoms with Gasteiger partial charge in [-0.1, -0.05) is 78.9 Å². The second kappa shape index (κ2) is 7.58. The van der Waals surface area contributed by atoms with E-state index < -0.39 is 5.41 Å². The molecule has 0 spiro atoms. The van der Waals surface area contributed by atoms with E-state index in [4.69, 9.17) is 0 Å². The van der Waals surface area contributed by atoms with Crippen LogP contribution in [0.4, 0.5) is 0 Å². The van der Waals surface area contributed by atoms with E-state index in [-0.39, 0.29) is 0 Å². The molecule has 4 aromatic rings. The second-order valence-electron chi connectivity index (χ2n) is 8.42. The van der Waals surface area contributed by atoms with E-state index in [1.165, 1.54) is 22.2 Å². The van der Waals surface area contributed by atoms with Crippen LogP contribution >= 0.6 is 0 Å². The molecule has 0 bridgehead atoms. The van der Waals surface area contributed by atoms with Crippen molar-refractivity contribution in [3.05, 3.63) is 113 Å². The molecule has 0 radical (unpaired) electrons. The molecule has 2 heteroatoms. The van der Waals surface area contributed by atoms with Crippen LogP contribution in [0.15, 0.2) is 90.7 Å². The molecular weight excluding hydrogens is 378 g/mol. The van der Waals surface area contributed by atoms with Crippen LogP contribution in [0.3, 0.4) is 0 Å². The van der Waals surface area contributed by atoms with E-state index in [9.17, 15) is 4.79 Å². The molecule has 2 nitrogen and oxygen atoms in total. The predicted molar refractivity (Wildman–Crippen MR) is 128 cm³/mol. The number of aryl methyl sites for hydroxylation is 1. The van der Waals surface area contributed by atoms with Crippen molar-refractivity contribution < 1.29 is 4.79 Å². The van der Waals surface area contributed by atoms with Crippen LogP contribution in [-0.4, -0.2) is 10.9 Å². The third kappa shape index (κ3) is 3.26. The number of aldehydes is 1. The zero-order valence-corrected chi connectivity index (χ0v) is 17.9. The van der Waals surface area contributed by atoms with Crippen molar-refractivity contribution in [2.24, 2.45) is 12.5 Å². The maximum absolute atomic E-state index is 12.2. The Kier molecular flexibility index (Phi) is 4.73. The molecule has 1 heterocycles. The van der Waals surface area contributed by atoms with Gasteiger partial charge in [0, 0.05) is 40.4 Å². The number of hydrogen-bond acceptors (Lipinski definition) is 1. The Bertz CT molecular complexity index is 1330. The van der Waals surface area contributed by atoms with E-state index in [0.29, 0.717) is 0 Å². The van der Waals surface area contributed by atoms with Gasteiger partial charge in [-0.05, 0) is 37.0 Å². The van der Waals surface area contributed by atoms with Gasteiger partial charge >= 0.3 is 0 Å². The number of rotatable bonds is 5. The minimum absolute atomic E-state index is 0.431. The lowest BCUT2D eigenvalue weighted by Gasteiger charge is -2.14. The standard InChI is InChI=1S/C29H25NO/c1-21-28(24-15-9-10-16-27(24)30(21)2)25(22-11-5-3-6-12-22)19-26(29(20-31)17-18-29)23-13-7-4-8-14-23/h3-16,20H,17-18H2,1-2H3. The highest BCUT2D eigenvalue weighted by atomic mass is 16.1. The molecule has 0 unspecified atom stereocenters. The number of aromatic nitrogens is 1. The summed E-state index contributed by atoms with van der Waals surface area (Å²) in [5.74, 6) is 0. The second-order valence-corrected chi connectivity index (χ2v) is 8.42. The molecule has 0 saturated heterocycles. The summed E-state index contributed by atoms with van der Waals surface area (Å²) in [7, 11) is 2.11. The first-order valence-electron chi connectivity index (χ1n) is 10.8. The van der Waals surface area contributed by atoms with Gasteiger partial charge in [0.1, 0.15) is 6.29 Å². The van der Waals surface area contributed by atoms with Gasteiger partial charge in [-0.2, -0.15) is 0 Å². The highest BCUT2D eigenvalue weighted by Gasteiger charge is 2.47. The fourth-order valence-corrected chi connectivity index (χ4v) is 4.50. The van der Waals surface area contributed by atoms with E-state index in [1.807, 2.05) is 24.3 Å². The number of para-hydroxylation sites is 1. The number of hydrogen-bond donors (Lipinski definition) is 0. The zero-order chi connectivity index (χ0) is 21.4. The smallest absolute Gasteiger partial charge is 0.131 e. The normalized spacial score (nSPS) is 14.1. The average molecular weight is 404 g/mol. The van der Waals surface area contributed by atoms with E-state index in [1.54, 1.807) is 0 Å². The molecule has 5 rings (SSSR count). The SMILES string of the molecule is Cc1c(C(=C=C(c2ccccc2)C2(C=O)CC2)c2ccccc2)c2ccccc2n1C. The van der Waals surface area contributed by atoms with Crippen molar-refractivity contribution >= 4 is 28.3 Å². The van der Waals surface area contributed by atoms with Crippen molar-refractivity contribution in [2.45, 2.75) is 19.8 Å². The zero-order valence-electron chi connectivity index (χ0n) is 17.9. The van der Waals surface area contributed by atoms with Gasteiger partial charge in [-0.15, -0.1) is 5.73 Å². The van der Waals surface area contributed by atoms with Gasteiger partial charge in [0.05, 0.1) is 5.41 Å². The maximum atomic E-state index is 12.2. The first-order chi connectivity index (χ1) is 15.1. The van der Waals surface area contributed by atoms with E-state index in [0.717, 1.165) is 41.4 Å². The minimum atomic E-state index is -0.431. The molecule has 1 saturated carbocycles. The highest BCUT2D eigenvalue weighted by Crippen LogP contribution is 2.54. The quantitative estimate of drug-likeness (QED) is 0.272. The summed E-state index contributed by atoms with van der Waals surface area (Å²) in [6, 6.07) is 29.2. The van der Waals surface area contributed by atoms with Crippen LogP contribution in [0.5, 0.6) is 0 Å². The van der Waals surface area contributed by atoms with Crippen LogP contribution in [0.1, 0.15) is 35.2 Å². The lowest BCUT2D eigenvalue weighted by atomic mass is 9.88. The molecular formula is C29H25NO. The summed E-state index contributed by atoms with van der Waals surface area (Å²) in [6.07, 6.45) is 2.88. The summed E-state index contributed by atoms with van der Waals surface area (Å²) < 4.78 is 2.24. The van der Waals surface area contributed by atoms with Crippen molar-refractivity contribution in [3.8, 4) is 0 Å². The molecule has 152 valence electrons. The van der Waals surface area contributed by atoms with Gasteiger partial charge in [0.15, 0.2) is 0 Å².